The van der Waals surface area contributed by atoms with Crippen LogP contribution in [0.25, 0.3) is 22.2 Å². The van der Waals surface area contributed by atoms with E-state index in [4.69, 9.17) is 6.42 Å². The van der Waals surface area contributed by atoms with E-state index in [0.717, 1.165) is 22.3 Å². The SMILES string of the molecule is C#CC(O)Cc1ccc(-c2ccc3nc(C)cnc3c2)c(F)c1. The fourth-order valence-corrected chi connectivity index (χ4v) is 2.47. The molecule has 3 aromatic rings. The predicted molar refractivity (Wildman–Crippen MR) is 88.2 cm³/mol. The molecule has 1 aromatic heterocycles. The lowest BCUT2D eigenvalue weighted by atomic mass is 10.0. The van der Waals surface area contributed by atoms with Crippen LogP contribution in [0.15, 0.2) is 42.6 Å². The molecule has 0 fully saturated rings. The van der Waals surface area contributed by atoms with E-state index in [-0.39, 0.29) is 12.2 Å². The van der Waals surface area contributed by atoms with Gasteiger partial charge in [0.15, 0.2) is 0 Å². The van der Waals surface area contributed by atoms with Gasteiger partial charge in [-0.2, -0.15) is 0 Å². The number of hydrogen-bond acceptors (Lipinski definition) is 3. The summed E-state index contributed by atoms with van der Waals surface area (Å²) in [5.74, 6) is 1.87. The standard InChI is InChI=1S/C19H15FN2O/c1-3-15(23)8-13-4-6-16(17(20)9-13)14-5-7-18-19(10-14)21-11-12(2)22-18/h1,4-7,9-11,15,23H,8H2,2H3. The van der Waals surface area contributed by atoms with E-state index in [9.17, 15) is 9.50 Å². The molecule has 1 atom stereocenters. The van der Waals surface area contributed by atoms with Gasteiger partial charge < -0.3 is 5.11 Å². The number of hydrogen-bond donors (Lipinski definition) is 1. The Balaban J connectivity index is 1.98. The highest BCUT2D eigenvalue weighted by atomic mass is 19.1. The maximum atomic E-state index is 14.4. The molecule has 0 aliphatic rings. The lowest BCUT2D eigenvalue weighted by Gasteiger charge is -2.08. The number of benzene rings is 2. The van der Waals surface area contributed by atoms with E-state index in [0.29, 0.717) is 11.1 Å². The minimum absolute atomic E-state index is 0.232. The molecule has 0 bridgehead atoms. The van der Waals surface area contributed by atoms with Crippen LogP contribution in [0.4, 0.5) is 4.39 Å². The average Bonchev–Trinajstić information content (AvgIpc) is 2.54. The van der Waals surface area contributed by atoms with Crippen LogP contribution in [0.2, 0.25) is 0 Å². The van der Waals surface area contributed by atoms with Crippen LogP contribution in [0.5, 0.6) is 0 Å². The van der Waals surface area contributed by atoms with Crippen molar-refractivity contribution in [2.24, 2.45) is 0 Å². The van der Waals surface area contributed by atoms with Gasteiger partial charge in [0.2, 0.25) is 0 Å². The zero-order chi connectivity index (χ0) is 16.4. The van der Waals surface area contributed by atoms with Crippen molar-refractivity contribution in [3.8, 4) is 23.5 Å². The van der Waals surface area contributed by atoms with E-state index >= 15 is 0 Å². The maximum absolute atomic E-state index is 14.4. The summed E-state index contributed by atoms with van der Waals surface area (Å²) >= 11 is 0. The van der Waals surface area contributed by atoms with Crippen molar-refractivity contribution in [3.63, 3.8) is 0 Å². The van der Waals surface area contributed by atoms with Gasteiger partial charge in [-0.25, -0.2) is 9.37 Å². The minimum atomic E-state index is -0.903. The Hall–Kier alpha value is -2.77. The quantitative estimate of drug-likeness (QED) is 0.755. The summed E-state index contributed by atoms with van der Waals surface area (Å²) in [5, 5.41) is 9.46. The number of terminal acetylenes is 1. The average molecular weight is 306 g/mol. The first-order valence-electron chi connectivity index (χ1n) is 7.23. The lowest BCUT2D eigenvalue weighted by molar-refractivity contribution is 0.233. The smallest absolute Gasteiger partial charge is 0.131 e. The first-order valence-corrected chi connectivity index (χ1v) is 7.23. The second-order valence-corrected chi connectivity index (χ2v) is 5.42. The third-order valence-corrected chi connectivity index (χ3v) is 3.63. The Bertz CT molecular complexity index is 915. The van der Waals surface area contributed by atoms with Crippen LogP contribution < -0.4 is 0 Å². The number of aromatic nitrogens is 2. The van der Waals surface area contributed by atoms with Crippen molar-refractivity contribution in [3.05, 3.63) is 59.7 Å². The fourth-order valence-electron chi connectivity index (χ4n) is 2.47. The molecule has 23 heavy (non-hydrogen) atoms. The largest absolute Gasteiger partial charge is 0.380 e. The first-order chi connectivity index (χ1) is 11.1. The van der Waals surface area contributed by atoms with Crippen LogP contribution >= 0.6 is 0 Å². The monoisotopic (exact) mass is 306 g/mol. The Kier molecular flexibility index (Phi) is 4.05. The van der Waals surface area contributed by atoms with E-state index in [2.05, 4.69) is 15.9 Å². The third kappa shape index (κ3) is 3.20. The molecule has 0 amide bonds. The highest BCUT2D eigenvalue weighted by Gasteiger charge is 2.09. The molecule has 0 spiro atoms. The fraction of sp³-hybridized carbons (Fsp3) is 0.158. The minimum Gasteiger partial charge on any atom is -0.380 e. The van der Waals surface area contributed by atoms with Crippen LogP contribution in [-0.4, -0.2) is 21.2 Å². The molecule has 0 aliphatic carbocycles. The van der Waals surface area contributed by atoms with Crippen molar-refractivity contribution in [1.82, 2.24) is 9.97 Å². The Morgan fingerprint density at radius 1 is 1.22 bits per heavy atom. The van der Waals surface area contributed by atoms with Gasteiger partial charge in [-0.3, -0.25) is 4.98 Å². The molecule has 4 heteroatoms. The third-order valence-electron chi connectivity index (χ3n) is 3.63. The Morgan fingerprint density at radius 2 is 2.04 bits per heavy atom. The zero-order valence-electron chi connectivity index (χ0n) is 12.6. The van der Waals surface area contributed by atoms with Gasteiger partial charge in [0, 0.05) is 18.2 Å². The molecule has 0 saturated carbocycles. The first kappa shape index (κ1) is 15.1. The van der Waals surface area contributed by atoms with Gasteiger partial charge in [-0.15, -0.1) is 6.42 Å². The molecule has 1 N–H and O–H groups in total. The number of aryl methyl sites for hydroxylation is 1. The Morgan fingerprint density at radius 3 is 2.78 bits per heavy atom. The molecule has 1 unspecified atom stereocenters. The topological polar surface area (TPSA) is 46.0 Å². The van der Waals surface area contributed by atoms with Crippen LogP contribution in [0.1, 0.15) is 11.3 Å². The molecule has 114 valence electrons. The summed E-state index contributed by atoms with van der Waals surface area (Å²) in [6.45, 7) is 1.88. The van der Waals surface area contributed by atoms with E-state index in [1.165, 1.54) is 6.07 Å². The summed E-state index contributed by atoms with van der Waals surface area (Å²) in [5.41, 5.74) is 4.22. The van der Waals surface area contributed by atoms with Crippen molar-refractivity contribution in [2.75, 3.05) is 0 Å². The summed E-state index contributed by atoms with van der Waals surface area (Å²) in [7, 11) is 0. The molecular weight excluding hydrogens is 291 g/mol. The van der Waals surface area contributed by atoms with Crippen LogP contribution in [0, 0.1) is 25.1 Å². The normalized spacial score (nSPS) is 12.1. The second kappa shape index (κ2) is 6.15. The Labute approximate surface area is 133 Å². The van der Waals surface area contributed by atoms with Crippen molar-refractivity contribution >= 4 is 11.0 Å². The van der Waals surface area contributed by atoms with Crippen molar-refractivity contribution in [2.45, 2.75) is 19.4 Å². The summed E-state index contributed by atoms with van der Waals surface area (Å²) in [6.07, 6.45) is 6.15. The molecular formula is C19H15FN2O. The lowest BCUT2D eigenvalue weighted by Crippen LogP contribution is -2.07. The molecule has 2 aromatic carbocycles. The molecule has 0 radical (unpaired) electrons. The van der Waals surface area contributed by atoms with E-state index in [1.54, 1.807) is 18.3 Å². The summed E-state index contributed by atoms with van der Waals surface area (Å²) in [4.78, 5) is 8.71. The number of fused-ring (bicyclic) bond motifs is 1. The molecule has 0 saturated heterocycles. The molecule has 0 aliphatic heterocycles. The van der Waals surface area contributed by atoms with Gasteiger partial charge in [0.25, 0.3) is 0 Å². The summed E-state index contributed by atoms with van der Waals surface area (Å²) < 4.78 is 14.4. The number of aliphatic hydroxyl groups excluding tert-OH is 1. The van der Waals surface area contributed by atoms with Crippen LogP contribution in [0.3, 0.4) is 0 Å². The zero-order valence-corrected chi connectivity index (χ0v) is 12.6. The number of aliphatic hydroxyl groups is 1. The van der Waals surface area contributed by atoms with Crippen molar-refractivity contribution in [1.29, 1.82) is 0 Å². The predicted octanol–water partition coefficient (Wildman–Crippen LogP) is 3.28. The number of nitrogens with zero attached hydrogens (tertiary/aromatic N) is 2. The number of halogens is 1. The van der Waals surface area contributed by atoms with Gasteiger partial charge in [0.1, 0.15) is 11.9 Å². The van der Waals surface area contributed by atoms with Gasteiger partial charge in [0.05, 0.1) is 16.7 Å². The molecule has 3 nitrogen and oxygen atoms in total. The number of rotatable bonds is 3. The highest BCUT2D eigenvalue weighted by molar-refractivity contribution is 5.81. The highest BCUT2D eigenvalue weighted by Crippen LogP contribution is 2.26. The van der Waals surface area contributed by atoms with Gasteiger partial charge >= 0.3 is 0 Å². The summed E-state index contributed by atoms with van der Waals surface area (Å²) in [6, 6.07) is 10.3. The molecule has 1 heterocycles. The second-order valence-electron chi connectivity index (χ2n) is 5.42. The van der Waals surface area contributed by atoms with E-state index in [1.807, 2.05) is 25.1 Å². The van der Waals surface area contributed by atoms with E-state index < -0.39 is 6.10 Å². The van der Waals surface area contributed by atoms with Crippen LogP contribution in [-0.2, 0) is 6.42 Å². The maximum Gasteiger partial charge on any atom is 0.131 e. The van der Waals surface area contributed by atoms with Gasteiger partial charge in [-0.05, 0) is 36.2 Å². The molecule has 3 rings (SSSR count). The van der Waals surface area contributed by atoms with Crippen molar-refractivity contribution < 1.29 is 9.50 Å². The van der Waals surface area contributed by atoms with Gasteiger partial charge in [-0.1, -0.05) is 24.1 Å².